The summed E-state index contributed by atoms with van der Waals surface area (Å²) in [6, 6.07) is 10.5. The number of nitrogens with one attached hydrogen (secondary N) is 1. The maximum absolute atomic E-state index is 13.8. The van der Waals surface area contributed by atoms with E-state index in [1.807, 2.05) is 24.3 Å². The minimum absolute atomic E-state index is 0.00346. The quantitative estimate of drug-likeness (QED) is 0.595. The van der Waals surface area contributed by atoms with Crippen LogP contribution in [0.5, 0.6) is 0 Å². The van der Waals surface area contributed by atoms with Crippen molar-refractivity contribution in [2.45, 2.75) is 76.4 Å². The molecule has 2 aromatic rings. The molecule has 0 atom stereocenters. The Bertz CT molecular complexity index is 977. The predicted molar refractivity (Wildman–Crippen MR) is 128 cm³/mol. The molecule has 2 aliphatic rings. The number of hydrogen-bond acceptors (Lipinski definition) is 3. The first-order valence-electron chi connectivity index (χ1n) is 12.3. The van der Waals surface area contributed by atoms with Crippen molar-refractivity contribution in [3.05, 3.63) is 65.2 Å². The molecule has 5 nitrogen and oxygen atoms in total. The van der Waals surface area contributed by atoms with E-state index in [2.05, 4.69) is 5.32 Å². The molecular weight excluding hydrogens is 436 g/mol. The molecular formula is C27H33F2N3O2. The van der Waals surface area contributed by atoms with Gasteiger partial charge in [-0.15, -0.1) is 0 Å². The first-order valence-corrected chi connectivity index (χ1v) is 12.3. The minimum Gasteiger partial charge on any atom is -0.331 e. The summed E-state index contributed by atoms with van der Waals surface area (Å²) >= 11 is 0. The van der Waals surface area contributed by atoms with E-state index in [1.54, 1.807) is 4.90 Å². The molecule has 0 spiro atoms. The summed E-state index contributed by atoms with van der Waals surface area (Å²) in [5.74, 6) is -1.80. The molecule has 0 heterocycles. The molecule has 0 bridgehead atoms. The number of carbonyl (C=O) groups excluding carboxylic acids is 2. The largest absolute Gasteiger partial charge is 0.331 e. The second-order valence-electron chi connectivity index (χ2n) is 9.68. The van der Waals surface area contributed by atoms with E-state index in [0.29, 0.717) is 6.54 Å². The first kappa shape index (κ1) is 24.3. The van der Waals surface area contributed by atoms with Crippen LogP contribution in [0.15, 0.2) is 42.5 Å². The van der Waals surface area contributed by atoms with Gasteiger partial charge in [0.15, 0.2) is 0 Å². The van der Waals surface area contributed by atoms with Gasteiger partial charge in [0.05, 0.1) is 0 Å². The lowest BCUT2D eigenvalue weighted by molar-refractivity contribution is -0.120. The maximum atomic E-state index is 13.8. The molecule has 2 saturated carbocycles. The fraction of sp³-hybridized carbons (Fsp3) is 0.481. The number of benzene rings is 2. The Hall–Kier alpha value is -2.80. The van der Waals surface area contributed by atoms with Crippen LogP contribution >= 0.6 is 0 Å². The number of rotatable bonds is 6. The van der Waals surface area contributed by atoms with Crippen LogP contribution in [-0.2, 0) is 11.3 Å². The van der Waals surface area contributed by atoms with Crippen molar-refractivity contribution in [3.63, 3.8) is 0 Å². The first-order chi connectivity index (χ1) is 16.4. The summed E-state index contributed by atoms with van der Waals surface area (Å²) in [6.07, 6.45) is 8.38. The monoisotopic (exact) mass is 469 g/mol. The minimum atomic E-state index is -0.771. The predicted octanol–water partition coefficient (Wildman–Crippen LogP) is 5.40. The maximum Gasteiger partial charge on any atom is 0.254 e. The van der Waals surface area contributed by atoms with Crippen molar-refractivity contribution in [3.8, 4) is 0 Å². The standard InChI is InChI=1S/C27H33F2N3O2/c28-21-14-20(15-22(29)16-21)27(34)32(25-12-8-23(30)9-13-25)17-18-6-10-24(11-7-18)31-26(33)19-4-2-1-3-5-19/h6-7,10-11,14-16,19,23,25H,1-5,8-9,12-13,17,30H2,(H,31,33). The average Bonchev–Trinajstić information content (AvgIpc) is 2.84. The van der Waals surface area contributed by atoms with Gasteiger partial charge >= 0.3 is 0 Å². The van der Waals surface area contributed by atoms with Crippen molar-refractivity contribution in [2.75, 3.05) is 5.32 Å². The number of anilines is 1. The number of halogens is 2. The van der Waals surface area contributed by atoms with E-state index in [-0.39, 0.29) is 29.5 Å². The zero-order chi connectivity index (χ0) is 24.1. The van der Waals surface area contributed by atoms with Crippen LogP contribution in [0.4, 0.5) is 14.5 Å². The highest BCUT2D eigenvalue weighted by Gasteiger charge is 2.29. The molecule has 3 N–H and O–H groups in total. The van der Waals surface area contributed by atoms with Crippen molar-refractivity contribution in [2.24, 2.45) is 11.7 Å². The van der Waals surface area contributed by atoms with Gasteiger partial charge in [0.2, 0.25) is 5.91 Å². The average molecular weight is 470 g/mol. The lowest BCUT2D eigenvalue weighted by Crippen LogP contribution is -2.43. The van der Waals surface area contributed by atoms with Crippen molar-refractivity contribution in [1.82, 2.24) is 4.90 Å². The van der Waals surface area contributed by atoms with E-state index < -0.39 is 17.5 Å². The van der Waals surface area contributed by atoms with E-state index >= 15 is 0 Å². The third-order valence-electron chi connectivity index (χ3n) is 7.10. The Morgan fingerprint density at radius 3 is 2.12 bits per heavy atom. The summed E-state index contributed by atoms with van der Waals surface area (Å²) in [5, 5.41) is 3.00. The topological polar surface area (TPSA) is 75.4 Å². The van der Waals surface area contributed by atoms with E-state index in [0.717, 1.165) is 80.8 Å². The van der Waals surface area contributed by atoms with Gasteiger partial charge in [-0.2, -0.15) is 0 Å². The third kappa shape index (κ3) is 6.20. The molecule has 7 heteroatoms. The van der Waals surface area contributed by atoms with Crippen molar-refractivity contribution in [1.29, 1.82) is 0 Å². The zero-order valence-corrected chi connectivity index (χ0v) is 19.4. The molecule has 2 fully saturated rings. The van der Waals surface area contributed by atoms with Crippen LogP contribution in [0.2, 0.25) is 0 Å². The molecule has 2 amide bonds. The number of nitrogens with zero attached hydrogens (tertiary/aromatic N) is 1. The van der Waals surface area contributed by atoms with Crippen LogP contribution in [0.3, 0.4) is 0 Å². The van der Waals surface area contributed by atoms with E-state index in [1.165, 1.54) is 6.42 Å². The van der Waals surface area contributed by atoms with Gasteiger partial charge in [-0.05, 0) is 68.4 Å². The SMILES string of the molecule is NC1CCC(N(Cc2ccc(NC(=O)C3CCCCC3)cc2)C(=O)c2cc(F)cc(F)c2)CC1. The molecule has 0 aliphatic heterocycles. The van der Waals surface area contributed by atoms with Gasteiger partial charge in [-0.25, -0.2) is 8.78 Å². The van der Waals surface area contributed by atoms with Crippen molar-refractivity contribution < 1.29 is 18.4 Å². The molecule has 2 aliphatic carbocycles. The number of amides is 2. The van der Waals surface area contributed by atoms with Crippen LogP contribution in [0.25, 0.3) is 0 Å². The molecule has 0 saturated heterocycles. The third-order valence-corrected chi connectivity index (χ3v) is 7.10. The van der Waals surface area contributed by atoms with Gasteiger partial charge < -0.3 is 16.0 Å². The Balaban J connectivity index is 1.48. The fourth-order valence-electron chi connectivity index (χ4n) is 5.12. The summed E-state index contributed by atoms with van der Waals surface area (Å²) in [4.78, 5) is 27.6. The van der Waals surface area contributed by atoms with Gasteiger partial charge in [0.1, 0.15) is 11.6 Å². The van der Waals surface area contributed by atoms with E-state index in [4.69, 9.17) is 5.73 Å². The summed E-state index contributed by atoms with van der Waals surface area (Å²) < 4.78 is 27.6. The van der Waals surface area contributed by atoms with Gasteiger partial charge in [-0.1, -0.05) is 31.4 Å². The Kier molecular flexibility index (Phi) is 7.93. The summed E-state index contributed by atoms with van der Waals surface area (Å²) in [5.41, 5.74) is 7.67. The molecule has 0 aromatic heterocycles. The second kappa shape index (κ2) is 11.1. The zero-order valence-electron chi connectivity index (χ0n) is 19.4. The number of hydrogen-bond donors (Lipinski definition) is 2. The highest BCUT2D eigenvalue weighted by molar-refractivity contribution is 5.94. The van der Waals surface area contributed by atoms with Gasteiger partial charge in [0, 0.05) is 41.9 Å². The fourth-order valence-corrected chi connectivity index (χ4v) is 5.12. The van der Waals surface area contributed by atoms with Crippen molar-refractivity contribution >= 4 is 17.5 Å². The molecule has 4 rings (SSSR count). The van der Waals surface area contributed by atoms with Crippen LogP contribution < -0.4 is 11.1 Å². The molecule has 0 unspecified atom stereocenters. The lowest BCUT2D eigenvalue weighted by atomic mass is 9.88. The van der Waals surface area contributed by atoms with Gasteiger partial charge in [0.25, 0.3) is 5.91 Å². The Morgan fingerprint density at radius 2 is 1.50 bits per heavy atom. The highest BCUT2D eigenvalue weighted by Crippen LogP contribution is 2.27. The van der Waals surface area contributed by atoms with E-state index in [9.17, 15) is 18.4 Å². The number of carbonyl (C=O) groups is 2. The number of nitrogens with two attached hydrogens (primary N) is 1. The molecule has 182 valence electrons. The summed E-state index contributed by atoms with van der Waals surface area (Å²) in [6.45, 7) is 0.313. The molecule has 2 aromatic carbocycles. The van der Waals surface area contributed by atoms with Crippen LogP contribution in [0.1, 0.15) is 73.7 Å². The smallest absolute Gasteiger partial charge is 0.254 e. The Labute approximate surface area is 199 Å². The molecule has 0 radical (unpaired) electrons. The van der Waals surface area contributed by atoms with Gasteiger partial charge in [-0.3, -0.25) is 9.59 Å². The van der Waals surface area contributed by atoms with Crippen LogP contribution in [-0.4, -0.2) is 28.8 Å². The Morgan fingerprint density at radius 1 is 0.882 bits per heavy atom. The van der Waals surface area contributed by atoms with Crippen LogP contribution in [0, 0.1) is 17.6 Å². The second-order valence-corrected chi connectivity index (χ2v) is 9.68. The summed E-state index contributed by atoms with van der Waals surface area (Å²) in [7, 11) is 0. The normalized spacial score (nSPS) is 21.1. The highest BCUT2D eigenvalue weighted by atomic mass is 19.1. The lowest BCUT2D eigenvalue weighted by Gasteiger charge is -2.36. The molecule has 34 heavy (non-hydrogen) atoms.